The van der Waals surface area contributed by atoms with E-state index in [1.807, 2.05) is 30.3 Å². The zero-order chi connectivity index (χ0) is 26.3. The van der Waals surface area contributed by atoms with Crippen molar-refractivity contribution < 1.29 is 4.74 Å². The first kappa shape index (κ1) is 25.9. The molecule has 10 heteroatoms. The molecular weight excluding hydrogens is 553 g/mol. The Morgan fingerprint density at radius 3 is 2.35 bits per heavy atom. The first-order chi connectivity index (χ1) is 17.8. The quantitative estimate of drug-likeness (QED) is 0.284. The van der Waals surface area contributed by atoms with E-state index in [1.165, 1.54) is 23.4 Å². The standard InChI is InChI=1S/C27H22Cl3N3O3S/c1-36-21-12-5-9-16(24(21)30)22-25(34)32(13-19(31)15-7-3-2-4-8-15)27(35)33-20(14-37-26(22)33)23-17(28)10-6-11-18(23)29/h2-12,19-20H,13-14,31H2,1H3. The molecule has 37 heavy (non-hydrogen) atoms. The Bertz CT molecular complexity index is 1580. The Morgan fingerprint density at radius 2 is 1.68 bits per heavy atom. The number of nitrogens with zero attached hydrogens (tertiary/aromatic N) is 2. The van der Waals surface area contributed by atoms with E-state index in [-0.39, 0.29) is 11.6 Å². The van der Waals surface area contributed by atoms with Gasteiger partial charge in [0.2, 0.25) is 0 Å². The summed E-state index contributed by atoms with van der Waals surface area (Å²) in [6.07, 6.45) is 0. The molecule has 2 unspecified atom stereocenters. The highest BCUT2D eigenvalue weighted by Gasteiger charge is 2.35. The highest BCUT2D eigenvalue weighted by Crippen LogP contribution is 2.45. The lowest BCUT2D eigenvalue weighted by atomic mass is 10.1. The number of thioether (sulfide) groups is 1. The Morgan fingerprint density at radius 1 is 1.00 bits per heavy atom. The molecule has 0 spiro atoms. The van der Waals surface area contributed by atoms with Gasteiger partial charge in [-0.1, -0.05) is 83.3 Å². The summed E-state index contributed by atoms with van der Waals surface area (Å²) in [5.74, 6) is 0.881. The Kier molecular flexibility index (Phi) is 7.43. The molecule has 0 radical (unpaired) electrons. The summed E-state index contributed by atoms with van der Waals surface area (Å²) in [5, 5.41) is 1.66. The Hall–Kier alpha value is -2.68. The van der Waals surface area contributed by atoms with Crippen LogP contribution in [0.5, 0.6) is 5.75 Å². The third-order valence-electron chi connectivity index (χ3n) is 6.41. The maximum absolute atomic E-state index is 14.0. The normalized spacial score (nSPS) is 15.4. The van der Waals surface area contributed by atoms with Crippen LogP contribution >= 0.6 is 46.6 Å². The number of hydrogen-bond acceptors (Lipinski definition) is 5. The van der Waals surface area contributed by atoms with Crippen LogP contribution in [0.1, 0.15) is 23.2 Å². The summed E-state index contributed by atoms with van der Waals surface area (Å²) < 4.78 is 8.16. The zero-order valence-electron chi connectivity index (χ0n) is 19.7. The third-order valence-corrected chi connectivity index (χ3v) is 8.62. The van der Waals surface area contributed by atoms with Gasteiger partial charge < -0.3 is 10.5 Å². The van der Waals surface area contributed by atoms with Gasteiger partial charge in [-0.15, -0.1) is 11.8 Å². The van der Waals surface area contributed by atoms with Crippen LogP contribution in [-0.2, 0) is 6.54 Å². The van der Waals surface area contributed by atoms with Crippen LogP contribution in [-0.4, -0.2) is 22.0 Å². The van der Waals surface area contributed by atoms with Gasteiger partial charge in [-0.25, -0.2) is 4.79 Å². The van der Waals surface area contributed by atoms with E-state index in [9.17, 15) is 9.59 Å². The van der Waals surface area contributed by atoms with Crippen molar-refractivity contribution in [3.05, 3.63) is 114 Å². The summed E-state index contributed by atoms with van der Waals surface area (Å²) >= 11 is 21.2. The topological polar surface area (TPSA) is 79.2 Å². The second-order valence-corrected chi connectivity index (χ2v) is 10.8. The van der Waals surface area contributed by atoms with E-state index in [0.717, 1.165) is 5.56 Å². The minimum atomic E-state index is -0.588. The summed E-state index contributed by atoms with van der Waals surface area (Å²) in [6.45, 7) is -0.0236. The molecular formula is C27H22Cl3N3O3S. The third kappa shape index (κ3) is 4.60. The number of methoxy groups -OCH3 is 1. The average molecular weight is 575 g/mol. The molecule has 0 bridgehead atoms. The number of hydrogen-bond donors (Lipinski definition) is 1. The molecule has 2 N–H and O–H groups in total. The van der Waals surface area contributed by atoms with Crippen LogP contribution in [0.3, 0.4) is 0 Å². The average Bonchev–Trinajstić information content (AvgIpc) is 3.32. The SMILES string of the molecule is COc1cccc(-c2c3n(c(=O)n(CC(N)c4ccccc4)c2=O)C(c2c(Cl)cccc2Cl)CS3)c1Cl. The van der Waals surface area contributed by atoms with Crippen molar-refractivity contribution in [1.82, 2.24) is 9.13 Å². The van der Waals surface area contributed by atoms with Crippen molar-refractivity contribution in [3.8, 4) is 16.9 Å². The fourth-order valence-corrected chi connectivity index (χ4v) is 6.86. The molecule has 0 saturated heterocycles. The molecule has 6 nitrogen and oxygen atoms in total. The van der Waals surface area contributed by atoms with Gasteiger partial charge in [0.1, 0.15) is 5.75 Å². The monoisotopic (exact) mass is 573 g/mol. The van der Waals surface area contributed by atoms with Gasteiger partial charge in [-0.2, -0.15) is 0 Å². The van der Waals surface area contributed by atoms with Crippen LogP contribution in [0.4, 0.5) is 0 Å². The molecule has 0 aliphatic carbocycles. The van der Waals surface area contributed by atoms with Crippen molar-refractivity contribution in [1.29, 1.82) is 0 Å². The number of fused-ring (bicyclic) bond motifs is 1. The lowest BCUT2D eigenvalue weighted by Crippen LogP contribution is -2.44. The van der Waals surface area contributed by atoms with E-state index in [4.69, 9.17) is 45.3 Å². The minimum Gasteiger partial charge on any atom is -0.495 e. The molecule has 190 valence electrons. The molecule has 4 aromatic rings. The van der Waals surface area contributed by atoms with Gasteiger partial charge in [0, 0.05) is 33.0 Å². The van der Waals surface area contributed by atoms with Crippen LogP contribution in [0, 0.1) is 0 Å². The van der Waals surface area contributed by atoms with Gasteiger partial charge in [0.15, 0.2) is 0 Å². The largest absolute Gasteiger partial charge is 0.495 e. The van der Waals surface area contributed by atoms with Crippen LogP contribution < -0.4 is 21.7 Å². The minimum absolute atomic E-state index is 0.0236. The van der Waals surface area contributed by atoms with Crippen molar-refractivity contribution in [2.45, 2.75) is 23.7 Å². The number of benzene rings is 3. The summed E-state index contributed by atoms with van der Waals surface area (Å²) in [4.78, 5) is 27.9. The molecule has 5 rings (SSSR count). The van der Waals surface area contributed by atoms with Gasteiger partial charge in [0.05, 0.1) is 35.3 Å². The highest BCUT2D eigenvalue weighted by molar-refractivity contribution is 7.99. The van der Waals surface area contributed by atoms with E-state index in [0.29, 0.717) is 43.3 Å². The van der Waals surface area contributed by atoms with E-state index in [1.54, 1.807) is 41.0 Å². The molecule has 1 aliphatic rings. The first-order valence-corrected chi connectivity index (χ1v) is 13.5. The zero-order valence-corrected chi connectivity index (χ0v) is 22.7. The number of nitrogens with two attached hydrogens (primary N) is 1. The lowest BCUT2D eigenvalue weighted by molar-refractivity contribution is 0.415. The molecule has 0 fully saturated rings. The summed E-state index contributed by atoms with van der Waals surface area (Å²) in [5.41, 5.74) is 7.71. The van der Waals surface area contributed by atoms with E-state index in [2.05, 4.69) is 0 Å². The number of rotatable bonds is 6. The van der Waals surface area contributed by atoms with Crippen molar-refractivity contribution >= 4 is 46.6 Å². The highest BCUT2D eigenvalue weighted by atomic mass is 35.5. The maximum Gasteiger partial charge on any atom is 0.332 e. The Labute approximate surface area is 232 Å². The Balaban J connectivity index is 1.78. The summed E-state index contributed by atoms with van der Waals surface area (Å²) in [7, 11) is 1.51. The van der Waals surface area contributed by atoms with E-state index < -0.39 is 23.3 Å². The van der Waals surface area contributed by atoms with Crippen molar-refractivity contribution in [3.63, 3.8) is 0 Å². The number of ether oxygens (including phenoxy) is 1. The second kappa shape index (κ2) is 10.6. The van der Waals surface area contributed by atoms with Crippen LogP contribution in [0.25, 0.3) is 11.1 Å². The molecule has 2 atom stereocenters. The van der Waals surface area contributed by atoms with Gasteiger partial charge in [-0.3, -0.25) is 13.9 Å². The number of halogens is 3. The van der Waals surface area contributed by atoms with Gasteiger partial charge in [0.25, 0.3) is 5.56 Å². The summed E-state index contributed by atoms with van der Waals surface area (Å²) in [6, 6.07) is 18.7. The first-order valence-electron chi connectivity index (χ1n) is 11.4. The number of aromatic nitrogens is 2. The lowest BCUT2D eigenvalue weighted by Gasteiger charge is -2.21. The maximum atomic E-state index is 14.0. The smallest absolute Gasteiger partial charge is 0.332 e. The molecule has 0 saturated carbocycles. The molecule has 1 aromatic heterocycles. The fraction of sp³-hybridized carbons (Fsp3) is 0.185. The van der Waals surface area contributed by atoms with Gasteiger partial charge >= 0.3 is 5.69 Å². The predicted molar refractivity (Wildman–Crippen MR) is 151 cm³/mol. The molecule has 1 aliphatic heterocycles. The molecule has 0 amide bonds. The van der Waals surface area contributed by atoms with Crippen molar-refractivity contribution in [2.75, 3.05) is 12.9 Å². The van der Waals surface area contributed by atoms with Crippen molar-refractivity contribution in [2.24, 2.45) is 5.73 Å². The fourth-order valence-electron chi connectivity index (χ4n) is 4.60. The van der Waals surface area contributed by atoms with E-state index >= 15 is 0 Å². The van der Waals surface area contributed by atoms with Crippen LogP contribution in [0.2, 0.25) is 15.1 Å². The molecule has 3 aromatic carbocycles. The van der Waals surface area contributed by atoms with Gasteiger partial charge in [-0.05, 0) is 23.8 Å². The van der Waals surface area contributed by atoms with Crippen LogP contribution in [0.15, 0.2) is 81.3 Å². The second-order valence-electron chi connectivity index (χ2n) is 8.55. The molecule has 2 heterocycles. The predicted octanol–water partition coefficient (Wildman–Crippen LogP) is 6.04.